The van der Waals surface area contributed by atoms with Gasteiger partial charge in [0, 0.05) is 43.5 Å². The highest BCUT2D eigenvalue weighted by Crippen LogP contribution is 2.31. The quantitative estimate of drug-likeness (QED) is 0.654. The first-order chi connectivity index (χ1) is 16.2. The SMILES string of the molecule is CC(=O)Nc1ccc(NC(=O)CN2C(=O)CCc3cc(S(=O)(=O)N4CCCCC4)ccc32)cc1. The summed E-state index contributed by atoms with van der Waals surface area (Å²) in [7, 11) is -3.58. The van der Waals surface area contributed by atoms with Crippen LogP contribution >= 0.6 is 0 Å². The van der Waals surface area contributed by atoms with E-state index in [9.17, 15) is 22.8 Å². The molecule has 2 heterocycles. The number of fused-ring (bicyclic) bond motifs is 1. The van der Waals surface area contributed by atoms with Crippen LogP contribution < -0.4 is 15.5 Å². The van der Waals surface area contributed by atoms with Gasteiger partial charge >= 0.3 is 0 Å². The predicted molar refractivity (Wildman–Crippen MR) is 129 cm³/mol. The highest BCUT2D eigenvalue weighted by Gasteiger charge is 2.30. The van der Waals surface area contributed by atoms with Gasteiger partial charge in [0.05, 0.1) is 4.90 Å². The standard InChI is InChI=1S/C24H28N4O5S/c1-17(29)25-19-6-8-20(9-7-19)26-23(30)16-28-22-11-10-21(15-18(22)5-12-24(28)31)34(32,33)27-13-3-2-4-14-27/h6-11,15H,2-5,12-14,16H2,1H3,(H,25,29)(H,26,30). The van der Waals surface area contributed by atoms with E-state index in [1.54, 1.807) is 36.4 Å². The summed E-state index contributed by atoms with van der Waals surface area (Å²) in [5.74, 6) is -0.750. The van der Waals surface area contributed by atoms with Gasteiger partial charge in [-0.05, 0) is 67.3 Å². The van der Waals surface area contributed by atoms with Crippen LogP contribution in [0.2, 0.25) is 0 Å². The maximum Gasteiger partial charge on any atom is 0.244 e. The zero-order valence-corrected chi connectivity index (χ0v) is 19.9. The Bertz CT molecular complexity index is 1200. The van der Waals surface area contributed by atoms with E-state index in [1.807, 2.05) is 0 Å². The molecular formula is C24H28N4O5S. The van der Waals surface area contributed by atoms with Gasteiger partial charge in [-0.25, -0.2) is 8.42 Å². The molecule has 0 saturated carbocycles. The van der Waals surface area contributed by atoms with Crippen LogP contribution in [0.1, 0.15) is 38.2 Å². The average molecular weight is 485 g/mol. The van der Waals surface area contributed by atoms with Crippen LogP contribution in [0.15, 0.2) is 47.4 Å². The molecule has 0 radical (unpaired) electrons. The molecule has 0 unspecified atom stereocenters. The largest absolute Gasteiger partial charge is 0.326 e. The zero-order valence-electron chi connectivity index (χ0n) is 19.0. The number of hydrogen-bond donors (Lipinski definition) is 2. The van der Waals surface area contributed by atoms with E-state index in [2.05, 4.69) is 10.6 Å². The summed E-state index contributed by atoms with van der Waals surface area (Å²) in [6.45, 7) is 2.28. The van der Waals surface area contributed by atoms with Gasteiger partial charge in [-0.15, -0.1) is 0 Å². The molecule has 2 aromatic carbocycles. The van der Waals surface area contributed by atoms with Gasteiger partial charge in [0.1, 0.15) is 6.54 Å². The van der Waals surface area contributed by atoms with Crippen molar-refractivity contribution < 1.29 is 22.8 Å². The molecule has 3 amide bonds. The first-order valence-electron chi connectivity index (χ1n) is 11.3. The summed E-state index contributed by atoms with van der Waals surface area (Å²) in [5.41, 5.74) is 2.45. The van der Waals surface area contributed by atoms with Crippen molar-refractivity contribution >= 4 is 44.8 Å². The Balaban J connectivity index is 1.48. The third kappa shape index (κ3) is 5.28. The van der Waals surface area contributed by atoms with E-state index < -0.39 is 10.0 Å². The third-order valence-corrected chi connectivity index (χ3v) is 7.89. The van der Waals surface area contributed by atoms with Gasteiger partial charge in [-0.2, -0.15) is 4.31 Å². The van der Waals surface area contributed by atoms with Crippen LogP contribution in [-0.2, 0) is 30.8 Å². The fourth-order valence-corrected chi connectivity index (χ4v) is 5.88. The Labute approximate surface area is 199 Å². The lowest BCUT2D eigenvalue weighted by Gasteiger charge is -2.30. The number of anilines is 3. The minimum absolute atomic E-state index is 0.183. The number of rotatable bonds is 6. The molecule has 34 heavy (non-hydrogen) atoms. The molecule has 9 nitrogen and oxygen atoms in total. The Kier molecular flexibility index (Phi) is 6.99. The minimum atomic E-state index is -3.58. The number of carbonyl (C=O) groups excluding carboxylic acids is 3. The molecule has 0 aliphatic carbocycles. The molecule has 2 N–H and O–H groups in total. The molecule has 0 aromatic heterocycles. The molecule has 0 spiro atoms. The summed E-state index contributed by atoms with van der Waals surface area (Å²) < 4.78 is 27.6. The minimum Gasteiger partial charge on any atom is -0.326 e. The number of piperidine rings is 1. The second-order valence-corrected chi connectivity index (χ2v) is 10.5. The van der Waals surface area contributed by atoms with Crippen molar-refractivity contribution in [2.45, 2.75) is 43.9 Å². The van der Waals surface area contributed by atoms with Crippen molar-refractivity contribution in [1.29, 1.82) is 0 Å². The second kappa shape index (κ2) is 9.94. The van der Waals surface area contributed by atoms with Gasteiger partial charge in [-0.1, -0.05) is 6.42 Å². The van der Waals surface area contributed by atoms with Gasteiger partial charge in [0.15, 0.2) is 0 Å². The molecule has 1 fully saturated rings. The van der Waals surface area contributed by atoms with Gasteiger partial charge < -0.3 is 15.5 Å². The number of sulfonamides is 1. The maximum atomic E-state index is 13.0. The number of carbonyl (C=O) groups is 3. The Hall–Kier alpha value is -3.24. The molecule has 2 aromatic rings. The van der Waals surface area contributed by atoms with Crippen molar-refractivity contribution in [2.24, 2.45) is 0 Å². The van der Waals surface area contributed by atoms with E-state index in [1.165, 1.54) is 22.2 Å². The topological polar surface area (TPSA) is 116 Å². The normalized spacial score (nSPS) is 16.6. The average Bonchev–Trinajstić information content (AvgIpc) is 2.82. The fraction of sp³-hybridized carbons (Fsp3) is 0.375. The van der Waals surface area contributed by atoms with Gasteiger partial charge in [0.25, 0.3) is 0 Å². The summed E-state index contributed by atoms with van der Waals surface area (Å²) >= 11 is 0. The second-order valence-electron chi connectivity index (χ2n) is 8.54. The monoisotopic (exact) mass is 484 g/mol. The zero-order chi connectivity index (χ0) is 24.3. The van der Waals surface area contributed by atoms with E-state index in [0.29, 0.717) is 36.6 Å². The fourth-order valence-electron chi connectivity index (χ4n) is 4.31. The molecule has 0 bridgehead atoms. The number of nitrogens with zero attached hydrogens (tertiary/aromatic N) is 2. The van der Waals surface area contributed by atoms with Crippen molar-refractivity contribution in [1.82, 2.24) is 4.31 Å². The Morgan fingerprint density at radius 1 is 0.912 bits per heavy atom. The van der Waals surface area contributed by atoms with Crippen molar-refractivity contribution in [3.63, 3.8) is 0 Å². The Morgan fingerprint density at radius 3 is 2.21 bits per heavy atom. The molecular weight excluding hydrogens is 456 g/mol. The highest BCUT2D eigenvalue weighted by atomic mass is 32.2. The molecule has 2 aliphatic rings. The summed E-state index contributed by atoms with van der Waals surface area (Å²) in [6.07, 6.45) is 3.39. The molecule has 1 saturated heterocycles. The van der Waals surface area contributed by atoms with Crippen molar-refractivity contribution in [3.8, 4) is 0 Å². The number of hydrogen-bond acceptors (Lipinski definition) is 5. The number of amides is 3. The maximum absolute atomic E-state index is 13.0. The van der Waals surface area contributed by atoms with Gasteiger partial charge in [-0.3, -0.25) is 14.4 Å². The highest BCUT2D eigenvalue weighted by molar-refractivity contribution is 7.89. The van der Waals surface area contributed by atoms with Gasteiger partial charge in [0.2, 0.25) is 27.7 Å². The molecule has 180 valence electrons. The van der Waals surface area contributed by atoms with E-state index >= 15 is 0 Å². The number of aryl methyl sites for hydroxylation is 1. The molecule has 2 aliphatic heterocycles. The molecule has 10 heteroatoms. The first-order valence-corrected chi connectivity index (χ1v) is 12.8. The molecule has 0 atom stereocenters. The van der Waals surface area contributed by atoms with E-state index in [0.717, 1.165) is 24.8 Å². The van der Waals surface area contributed by atoms with E-state index in [-0.39, 0.29) is 35.6 Å². The summed E-state index contributed by atoms with van der Waals surface area (Å²) in [4.78, 5) is 38.0. The number of nitrogens with one attached hydrogen (secondary N) is 2. The lowest BCUT2D eigenvalue weighted by atomic mass is 10.0. The summed E-state index contributed by atoms with van der Waals surface area (Å²) in [6, 6.07) is 11.4. The predicted octanol–water partition coefficient (Wildman–Crippen LogP) is 2.74. The first kappa shape index (κ1) is 23.9. The van der Waals surface area contributed by atoms with Crippen LogP contribution in [0.25, 0.3) is 0 Å². The lowest BCUT2D eigenvalue weighted by Crippen LogP contribution is -2.41. The van der Waals surface area contributed by atoms with Crippen LogP contribution in [0.3, 0.4) is 0 Å². The smallest absolute Gasteiger partial charge is 0.244 e. The van der Waals surface area contributed by atoms with Crippen LogP contribution in [0.4, 0.5) is 17.1 Å². The van der Waals surface area contributed by atoms with E-state index in [4.69, 9.17) is 0 Å². The Morgan fingerprint density at radius 2 is 1.56 bits per heavy atom. The lowest BCUT2D eigenvalue weighted by molar-refractivity contribution is -0.121. The van der Waals surface area contributed by atoms with Crippen LogP contribution in [0, 0.1) is 0 Å². The van der Waals surface area contributed by atoms with Crippen molar-refractivity contribution in [3.05, 3.63) is 48.0 Å². The molecule has 4 rings (SSSR count). The third-order valence-electron chi connectivity index (χ3n) is 5.99. The van der Waals surface area contributed by atoms with Crippen LogP contribution in [0.5, 0.6) is 0 Å². The van der Waals surface area contributed by atoms with Crippen LogP contribution in [-0.4, -0.2) is 50.1 Å². The van der Waals surface area contributed by atoms with Crippen molar-refractivity contribution in [2.75, 3.05) is 35.2 Å². The number of benzene rings is 2. The summed E-state index contributed by atoms with van der Waals surface area (Å²) in [5, 5.41) is 5.41.